The van der Waals surface area contributed by atoms with Gasteiger partial charge >= 0.3 is 0 Å². The highest BCUT2D eigenvalue weighted by atomic mass is 35.5. The number of rotatable bonds is 9. The monoisotopic (exact) mass is 542 g/mol. The van der Waals surface area contributed by atoms with Gasteiger partial charge in [-0.3, -0.25) is 19.4 Å². The van der Waals surface area contributed by atoms with Crippen molar-refractivity contribution in [1.82, 2.24) is 10.3 Å². The number of hydrogen-bond donors (Lipinski definition) is 3. The molecule has 0 bridgehead atoms. The van der Waals surface area contributed by atoms with Crippen molar-refractivity contribution in [3.8, 4) is 0 Å². The number of benzene rings is 3. The summed E-state index contributed by atoms with van der Waals surface area (Å²) in [5.74, 6) is -0.813. The normalized spacial score (nSPS) is 10.9. The van der Waals surface area contributed by atoms with Crippen LogP contribution in [0.1, 0.15) is 15.9 Å². The van der Waals surface area contributed by atoms with Crippen LogP contribution in [-0.4, -0.2) is 28.5 Å². The smallest absolute Gasteiger partial charge is 0.272 e. The predicted octanol–water partition coefficient (Wildman–Crippen LogP) is 5.88. The van der Waals surface area contributed by atoms with Crippen molar-refractivity contribution in [3.63, 3.8) is 0 Å². The quantitative estimate of drug-likeness (QED) is 0.181. The number of carbonyl (C=O) groups is 3. The van der Waals surface area contributed by atoms with E-state index in [-0.39, 0.29) is 17.4 Å². The summed E-state index contributed by atoms with van der Waals surface area (Å²) in [6.07, 6.45) is 4.78. The van der Waals surface area contributed by atoms with E-state index in [1.54, 1.807) is 91.3 Å². The van der Waals surface area contributed by atoms with Crippen molar-refractivity contribution in [2.75, 3.05) is 16.4 Å². The van der Waals surface area contributed by atoms with E-state index in [9.17, 15) is 14.4 Å². The first-order valence-corrected chi connectivity index (χ1v) is 12.9. The van der Waals surface area contributed by atoms with Crippen LogP contribution in [0.25, 0.3) is 6.08 Å². The Kier molecular flexibility index (Phi) is 9.28. The summed E-state index contributed by atoms with van der Waals surface area (Å²) in [5.41, 5.74) is 2.38. The maximum absolute atomic E-state index is 13.1. The maximum atomic E-state index is 13.1. The summed E-state index contributed by atoms with van der Waals surface area (Å²) in [6.45, 7) is 0. The molecule has 0 atom stereocenters. The molecule has 0 radical (unpaired) electrons. The van der Waals surface area contributed by atoms with Gasteiger partial charge in [0.1, 0.15) is 5.70 Å². The lowest BCUT2D eigenvalue weighted by Gasteiger charge is -2.12. The van der Waals surface area contributed by atoms with Crippen molar-refractivity contribution < 1.29 is 14.4 Å². The minimum absolute atomic E-state index is 0.0733. The SMILES string of the molecule is O=C(CSc1ccc(NC(=O)/C(=C/c2cccnc2)NC(=O)c2ccccc2)cc1)Nc1ccc(Cl)cc1. The molecule has 3 N–H and O–H groups in total. The molecule has 0 unspecified atom stereocenters. The zero-order valence-corrected chi connectivity index (χ0v) is 21.6. The van der Waals surface area contributed by atoms with Crippen LogP contribution >= 0.6 is 23.4 Å². The Morgan fingerprint density at radius 1 is 0.816 bits per heavy atom. The van der Waals surface area contributed by atoms with E-state index < -0.39 is 11.8 Å². The van der Waals surface area contributed by atoms with Crippen LogP contribution < -0.4 is 16.0 Å². The molecule has 0 spiro atoms. The summed E-state index contributed by atoms with van der Waals surface area (Å²) in [5, 5.41) is 8.92. The highest BCUT2D eigenvalue weighted by Gasteiger charge is 2.15. The van der Waals surface area contributed by atoms with Gasteiger partial charge in [0, 0.05) is 39.3 Å². The van der Waals surface area contributed by atoms with E-state index in [1.165, 1.54) is 11.8 Å². The van der Waals surface area contributed by atoms with Crippen LogP contribution in [0.5, 0.6) is 0 Å². The van der Waals surface area contributed by atoms with E-state index in [2.05, 4.69) is 20.9 Å². The zero-order chi connectivity index (χ0) is 26.7. The van der Waals surface area contributed by atoms with Crippen molar-refractivity contribution >= 4 is 58.5 Å². The van der Waals surface area contributed by atoms with E-state index in [0.717, 1.165) is 4.90 Å². The summed E-state index contributed by atoms with van der Waals surface area (Å²) in [7, 11) is 0. The number of aromatic nitrogens is 1. The lowest BCUT2D eigenvalue weighted by molar-refractivity contribution is -0.114. The lowest BCUT2D eigenvalue weighted by atomic mass is 10.2. The Bertz CT molecular complexity index is 1430. The fraction of sp³-hybridized carbons (Fsp3) is 0.0345. The van der Waals surface area contributed by atoms with Gasteiger partial charge in [-0.15, -0.1) is 11.8 Å². The van der Waals surface area contributed by atoms with Gasteiger partial charge in [0.05, 0.1) is 5.75 Å². The van der Waals surface area contributed by atoms with Crippen LogP contribution in [0.4, 0.5) is 11.4 Å². The second-order valence-electron chi connectivity index (χ2n) is 7.99. The van der Waals surface area contributed by atoms with Gasteiger partial charge in [0.2, 0.25) is 5.91 Å². The van der Waals surface area contributed by atoms with Gasteiger partial charge in [0.25, 0.3) is 11.8 Å². The van der Waals surface area contributed by atoms with Gasteiger partial charge in [-0.25, -0.2) is 0 Å². The fourth-order valence-corrected chi connectivity index (χ4v) is 4.11. The van der Waals surface area contributed by atoms with Gasteiger partial charge in [-0.05, 0) is 78.4 Å². The van der Waals surface area contributed by atoms with Gasteiger partial charge in [-0.1, -0.05) is 35.9 Å². The Balaban J connectivity index is 1.38. The summed E-state index contributed by atoms with van der Waals surface area (Å²) >= 11 is 7.23. The molecule has 9 heteroatoms. The summed E-state index contributed by atoms with van der Waals surface area (Å²) in [6, 6.07) is 26.2. The molecule has 0 aliphatic heterocycles. The van der Waals surface area contributed by atoms with E-state index in [1.807, 2.05) is 18.2 Å². The Morgan fingerprint density at radius 2 is 1.50 bits per heavy atom. The summed E-state index contributed by atoms with van der Waals surface area (Å²) in [4.78, 5) is 43.0. The molecule has 3 aromatic carbocycles. The first kappa shape index (κ1) is 26.7. The maximum Gasteiger partial charge on any atom is 0.272 e. The molecule has 190 valence electrons. The van der Waals surface area contributed by atoms with Crippen LogP contribution in [-0.2, 0) is 9.59 Å². The second-order valence-corrected chi connectivity index (χ2v) is 9.47. The van der Waals surface area contributed by atoms with Gasteiger partial charge in [0.15, 0.2) is 0 Å². The molecule has 0 aliphatic rings. The number of anilines is 2. The third-order valence-corrected chi connectivity index (χ3v) is 6.40. The molecular formula is C29H23ClN4O3S. The van der Waals surface area contributed by atoms with E-state index >= 15 is 0 Å². The van der Waals surface area contributed by atoms with Crippen molar-refractivity contribution in [1.29, 1.82) is 0 Å². The lowest BCUT2D eigenvalue weighted by Crippen LogP contribution is -2.30. The minimum Gasteiger partial charge on any atom is -0.325 e. The molecule has 0 saturated carbocycles. The molecule has 4 aromatic rings. The number of nitrogens with zero attached hydrogens (tertiary/aromatic N) is 1. The Morgan fingerprint density at radius 3 is 2.18 bits per heavy atom. The third kappa shape index (κ3) is 8.06. The average Bonchev–Trinajstić information content (AvgIpc) is 2.94. The number of amides is 3. The molecule has 38 heavy (non-hydrogen) atoms. The molecule has 4 rings (SSSR count). The second kappa shape index (κ2) is 13.2. The molecule has 3 amide bonds. The van der Waals surface area contributed by atoms with Gasteiger partial charge in [-0.2, -0.15) is 0 Å². The standard InChI is InChI=1S/C29H23ClN4O3S/c30-22-8-10-23(11-9-22)32-27(35)19-38-25-14-12-24(13-15-25)33-29(37)26(17-20-5-4-16-31-18-20)34-28(36)21-6-2-1-3-7-21/h1-18H,19H2,(H,32,35)(H,33,37)(H,34,36)/b26-17-. The molecule has 1 heterocycles. The van der Waals surface area contributed by atoms with E-state index in [4.69, 9.17) is 11.6 Å². The largest absolute Gasteiger partial charge is 0.325 e. The fourth-order valence-electron chi connectivity index (χ4n) is 3.28. The predicted molar refractivity (Wildman–Crippen MR) is 152 cm³/mol. The molecule has 0 saturated heterocycles. The number of nitrogens with one attached hydrogen (secondary N) is 3. The number of carbonyl (C=O) groups excluding carboxylic acids is 3. The number of hydrogen-bond acceptors (Lipinski definition) is 5. The summed E-state index contributed by atoms with van der Waals surface area (Å²) < 4.78 is 0. The molecule has 0 fully saturated rings. The van der Waals surface area contributed by atoms with E-state index in [0.29, 0.717) is 27.5 Å². The molecule has 0 aliphatic carbocycles. The van der Waals surface area contributed by atoms with Gasteiger partial charge < -0.3 is 16.0 Å². The molecular weight excluding hydrogens is 520 g/mol. The minimum atomic E-state index is -0.485. The Labute approximate surface area is 229 Å². The number of pyridine rings is 1. The zero-order valence-electron chi connectivity index (χ0n) is 20.1. The topological polar surface area (TPSA) is 100 Å². The molecule has 1 aromatic heterocycles. The van der Waals surface area contributed by atoms with Crippen LogP contribution in [0, 0.1) is 0 Å². The Hall–Kier alpha value is -4.40. The van der Waals surface area contributed by atoms with Crippen LogP contribution in [0.15, 0.2) is 114 Å². The average molecular weight is 543 g/mol. The molecule has 7 nitrogen and oxygen atoms in total. The first-order chi connectivity index (χ1) is 18.5. The number of thioether (sulfide) groups is 1. The third-order valence-electron chi connectivity index (χ3n) is 5.13. The number of halogens is 1. The van der Waals surface area contributed by atoms with Crippen LogP contribution in [0.3, 0.4) is 0 Å². The van der Waals surface area contributed by atoms with Crippen molar-refractivity contribution in [2.24, 2.45) is 0 Å². The van der Waals surface area contributed by atoms with Crippen molar-refractivity contribution in [3.05, 3.63) is 125 Å². The van der Waals surface area contributed by atoms with Crippen molar-refractivity contribution in [2.45, 2.75) is 4.90 Å². The highest BCUT2D eigenvalue weighted by Crippen LogP contribution is 2.21. The first-order valence-electron chi connectivity index (χ1n) is 11.5. The highest BCUT2D eigenvalue weighted by molar-refractivity contribution is 8.00. The van der Waals surface area contributed by atoms with Crippen LogP contribution in [0.2, 0.25) is 5.02 Å².